The Morgan fingerprint density at radius 1 is 0.808 bits per heavy atom. The Labute approximate surface area is 153 Å². The van der Waals surface area contributed by atoms with E-state index >= 15 is 0 Å². The Hall–Kier alpha value is -2.95. The van der Waals surface area contributed by atoms with Crippen LogP contribution in [0.2, 0.25) is 0 Å². The number of carbonyl (C=O) groups excluding carboxylic acids is 1. The Balaban J connectivity index is 2.02. The molecular formula is C22H21NO3. The van der Waals surface area contributed by atoms with E-state index < -0.39 is 18.2 Å². The molecule has 1 N–H and O–H groups in total. The van der Waals surface area contributed by atoms with Crippen LogP contribution in [-0.4, -0.2) is 18.1 Å². The number of rotatable bonds is 6. The molecule has 4 nitrogen and oxygen atoms in total. The molecule has 3 aromatic rings. The molecule has 0 aliphatic heterocycles. The summed E-state index contributed by atoms with van der Waals surface area (Å²) in [7, 11) is 1.55. The highest BCUT2D eigenvalue weighted by atomic mass is 16.5. The molecule has 0 radical (unpaired) electrons. The number of amides is 1. The number of methoxy groups -OCH3 is 1. The van der Waals surface area contributed by atoms with Crippen molar-refractivity contribution in [3.8, 4) is 0 Å². The van der Waals surface area contributed by atoms with E-state index in [2.05, 4.69) is 0 Å². The number of hydrogen-bond donors (Lipinski definition) is 1. The van der Waals surface area contributed by atoms with Gasteiger partial charge in [0.25, 0.3) is 5.91 Å². The van der Waals surface area contributed by atoms with Crippen molar-refractivity contribution < 1.29 is 14.6 Å². The van der Waals surface area contributed by atoms with Gasteiger partial charge in [0, 0.05) is 18.4 Å². The van der Waals surface area contributed by atoms with Gasteiger partial charge in [-0.15, -0.1) is 0 Å². The Kier molecular flexibility index (Phi) is 5.79. The van der Waals surface area contributed by atoms with Gasteiger partial charge in [0.05, 0.1) is 0 Å². The van der Waals surface area contributed by atoms with E-state index in [1.807, 2.05) is 66.7 Å². The monoisotopic (exact) mass is 347 g/mol. The van der Waals surface area contributed by atoms with Crippen LogP contribution in [0.15, 0.2) is 91.0 Å². The first-order valence-corrected chi connectivity index (χ1v) is 8.41. The Bertz CT molecular complexity index is 822. The van der Waals surface area contributed by atoms with Crippen LogP contribution in [0.5, 0.6) is 0 Å². The summed E-state index contributed by atoms with van der Waals surface area (Å²) in [6.07, 6.45) is -1.93. The third kappa shape index (κ3) is 3.82. The van der Waals surface area contributed by atoms with Crippen molar-refractivity contribution in [2.24, 2.45) is 0 Å². The van der Waals surface area contributed by atoms with Gasteiger partial charge in [-0.2, -0.15) is 0 Å². The molecule has 2 atom stereocenters. The maximum absolute atomic E-state index is 13.2. The average molecular weight is 347 g/mol. The van der Waals surface area contributed by atoms with Crippen LogP contribution in [0.3, 0.4) is 0 Å². The highest BCUT2D eigenvalue weighted by molar-refractivity contribution is 5.97. The summed E-state index contributed by atoms with van der Waals surface area (Å²) < 4.78 is 5.65. The number of aliphatic hydroxyl groups is 1. The standard InChI is InChI=1S/C22H21NO3/c1-26-22(18-13-7-3-8-14-18)23(19-15-9-4-10-16-19)21(25)20(24)17-11-5-2-6-12-17/h2-16,20,22,24H,1H3/t20-,22+/m0/s1. The predicted molar refractivity (Wildman–Crippen MR) is 102 cm³/mol. The molecule has 3 rings (SSSR count). The molecule has 26 heavy (non-hydrogen) atoms. The first-order chi connectivity index (χ1) is 12.7. The molecule has 132 valence electrons. The summed E-state index contributed by atoms with van der Waals surface area (Å²) in [5.41, 5.74) is 2.02. The third-order valence-corrected chi connectivity index (χ3v) is 4.16. The fraction of sp³-hybridized carbons (Fsp3) is 0.136. The van der Waals surface area contributed by atoms with E-state index in [1.165, 1.54) is 4.90 Å². The number of anilines is 1. The lowest BCUT2D eigenvalue weighted by atomic mass is 10.1. The van der Waals surface area contributed by atoms with Gasteiger partial charge in [-0.1, -0.05) is 78.9 Å². The molecule has 0 saturated heterocycles. The maximum Gasteiger partial charge on any atom is 0.262 e. The molecule has 0 saturated carbocycles. The molecule has 0 spiro atoms. The first kappa shape index (κ1) is 17.9. The Morgan fingerprint density at radius 3 is 1.77 bits per heavy atom. The maximum atomic E-state index is 13.2. The van der Waals surface area contributed by atoms with Crippen LogP contribution in [0.1, 0.15) is 23.5 Å². The van der Waals surface area contributed by atoms with Crippen molar-refractivity contribution >= 4 is 11.6 Å². The van der Waals surface area contributed by atoms with E-state index in [4.69, 9.17) is 4.74 Å². The lowest BCUT2D eigenvalue weighted by Crippen LogP contribution is -2.39. The zero-order valence-electron chi connectivity index (χ0n) is 14.5. The van der Waals surface area contributed by atoms with Gasteiger partial charge in [-0.3, -0.25) is 9.69 Å². The van der Waals surface area contributed by atoms with E-state index in [0.29, 0.717) is 11.3 Å². The molecule has 4 heteroatoms. The molecule has 3 aromatic carbocycles. The molecule has 0 aromatic heterocycles. The minimum absolute atomic E-state index is 0.446. The SMILES string of the molecule is CO[C@H](c1ccccc1)N(C(=O)[C@@H](O)c1ccccc1)c1ccccc1. The van der Waals surface area contributed by atoms with Gasteiger partial charge in [0.1, 0.15) is 0 Å². The molecule has 0 aliphatic rings. The average Bonchev–Trinajstić information content (AvgIpc) is 2.73. The van der Waals surface area contributed by atoms with Crippen LogP contribution < -0.4 is 4.90 Å². The Morgan fingerprint density at radius 2 is 1.27 bits per heavy atom. The third-order valence-electron chi connectivity index (χ3n) is 4.16. The van der Waals surface area contributed by atoms with Crippen molar-refractivity contribution in [1.29, 1.82) is 0 Å². The molecule has 0 fully saturated rings. The molecule has 0 heterocycles. The number of ether oxygens (including phenoxy) is 1. The van der Waals surface area contributed by atoms with Gasteiger partial charge in [-0.05, 0) is 17.7 Å². The van der Waals surface area contributed by atoms with Crippen molar-refractivity contribution in [2.45, 2.75) is 12.3 Å². The largest absolute Gasteiger partial charge is 0.378 e. The molecule has 1 amide bonds. The molecule has 0 aliphatic carbocycles. The summed E-state index contributed by atoms with van der Waals surface area (Å²) in [5.74, 6) is -0.446. The number of benzene rings is 3. The van der Waals surface area contributed by atoms with Gasteiger partial charge >= 0.3 is 0 Å². The first-order valence-electron chi connectivity index (χ1n) is 8.41. The summed E-state index contributed by atoms with van der Waals surface area (Å²) in [6.45, 7) is 0. The fourth-order valence-electron chi connectivity index (χ4n) is 2.88. The summed E-state index contributed by atoms with van der Waals surface area (Å²) in [5, 5.41) is 10.7. The zero-order chi connectivity index (χ0) is 18.4. The second-order valence-corrected chi connectivity index (χ2v) is 5.86. The van der Waals surface area contributed by atoms with E-state index in [0.717, 1.165) is 5.56 Å². The van der Waals surface area contributed by atoms with Crippen LogP contribution in [0, 0.1) is 0 Å². The van der Waals surface area contributed by atoms with Crippen LogP contribution in [0.25, 0.3) is 0 Å². The van der Waals surface area contributed by atoms with E-state index in [9.17, 15) is 9.90 Å². The predicted octanol–water partition coefficient (Wildman–Crippen LogP) is 4.10. The fourth-order valence-corrected chi connectivity index (χ4v) is 2.88. The zero-order valence-corrected chi connectivity index (χ0v) is 14.5. The summed E-state index contributed by atoms with van der Waals surface area (Å²) >= 11 is 0. The number of carbonyl (C=O) groups is 1. The lowest BCUT2D eigenvalue weighted by molar-refractivity contribution is -0.129. The molecular weight excluding hydrogens is 326 g/mol. The van der Waals surface area contributed by atoms with Crippen molar-refractivity contribution in [1.82, 2.24) is 0 Å². The number of para-hydroxylation sites is 1. The highest BCUT2D eigenvalue weighted by Crippen LogP contribution is 2.31. The van der Waals surface area contributed by atoms with Crippen LogP contribution in [0.4, 0.5) is 5.69 Å². The van der Waals surface area contributed by atoms with Gasteiger partial charge in [0.15, 0.2) is 12.3 Å². The lowest BCUT2D eigenvalue weighted by Gasteiger charge is -2.32. The minimum atomic E-state index is -1.28. The smallest absolute Gasteiger partial charge is 0.262 e. The second kappa shape index (κ2) is 8.43. The second-order valence-electron chi connectivity index (χ2n) is 5.86. The number of hydrogen-bond acceptors (Lipinski definition) is 3. The normalized spacial score (nSPS) is 13.0. The number of aliphatic hydroxyl groups excluding tert-OH is 1. The van der Waals surface area contributed by atoms with E-state index in [-0.39, 0.29) is 0 Å². The van der Waals surface area contributed by atoms with Crippen molar-refractivity contribution in [2.75, 3.05) is 12.0 Å². The molecule has 0 unspecified atom stereocenters. The van der Waals surface area contributed by atoms with Gasteiger partial charge in [-0.25, -0.2) is 0 Å². The van der Waals surface area contributed by atoms with Gasteiger partial charge < -0.3 is 9.84 Å². The van der Waals surface area contributed by atoms with Crippen LogP contribution >= 0.6 is 0 Å². The highest BCUT2D eigenvalue weighted by Gasteiger charge is 2.31. The summed E-state index contributed by atoms with van der Waals surface area (Å²) in [6, 6.07) is 27.6. The molecule has 0 bridgehead atoms. The van der Waals surface area contributed by atoms with Crippen molar-refractivity contribution in [3.63, 3.8) is 0 Å². The summed E-state index contributed by atoms with van der Waals surface area (Å²) in [4.78, 5) is 14.7. The van der Waals surface area contributed by atoms with E-state index in [1.54, 1.807) is 31.4 Å². The quantitative estimate of drug-likeness (QED) is 0.683. The van der Waals surface area contributed by atoms with Crippen LogP contribution in [-0.2, 0) is 9.53 Å². The number of nitrogens with zero attached hydrogens (tertiary/aromatic N) is 1. The topological polar surface area (TPSA) is 49.8 Å². The van der Waals surface area contributed by atoms with Gasteiger partial charge in [0.2, 0.25) is 0 Å². The van der Waals surface area contributed by atoms with Crippen molar-refractivity contribution in [3.05, 3.63) is 102 Å². The minimum Gasteiger partial charge on any atom is -0.378 e.